The Morgan fingerprint density at radius 3 is 2.84 bits per heavy atom. The molecule has 1 atom stereocenters. The van der Waals surface area contributed by atoms with Crippen molar-refractivity contribution in [3.8, 4) is 0 Å². The van der Waals surface area contributed by atoms with Crippen LogP contribution in [0.25, 0.3) is 0 Å². The van der Waals surface area contributed by atoms with E-state index in [1.165, 1.54) is 32.1 Å². The van der Waals surface area contributed by atoms with Gasteiger partial charge in [0.25, 0.3) is 0 Å². The Morgan fingerprint density at radius 1 is 1.37 bits per heavy atom. The lowest BCUT2D eigenvalue weighted by molar-refractivity contribution is 0.513. The first-order chi connectivity index (χ1) is 9.29. The molecule has 1 fully saturated rings. The van der Waals surface area contributed by atoms with Crippen LogP contribution in [-0.2, 0) is 6.42 Å². The van der Waals surface area contributed by atoms with Crippen LogP contribution < -0.4 is 17.0 Å². The number of nitrogens with one attached hydrogen (secondary N) is 1. The van der Waals surface area contributed by atoms with Crippen molar-refractivity contribution in [2.75, 3.05) is 11.5 Å². The molecule has 2 rings (SSSR count). The van der Waals surface area contributed by atoms with Gasteiger partial charge >= 0.3 is 0 Å². The quantitative estimate of drug-likeness (QED) is 0.549. The van der Waals surface area contributed by atoms with Gasteiger partial charge in [-0.05, 0) is 30.9 Å². The van der Waals surface area contributed by atoms with Crippen LogP contribution in [0.2, 0.25) is 0 Å². The monoisotopic (exact) mass is 280 g/mol. The third-order valence-corrected chi connectivity index (χ3v) is 5.25. The zero-order valence-corrected chi connectivity index (χ0v) is 12.2. The highest BCUT2D eigenvalue weighted by Crippen LogP contribution is 2.28. The van der Waals surface area contributed by atoms with Gasteiger partial charge < -0.3 is 5.73 Å². The smallest absolute Gasteiger partial charge is 0.126 e. The van der Waals surface area contributed by atoms with Gasteiger partial charge in [-0.25, -0.2) is 4.98 Å². The van der Waals surface area contributed by atoms with Crippen LogP contribution in [0.1, 0.15) is 37.7 Å². The van der Waals surface area contributed by atoms with Crippen molar-refractivity contribution in [1.29, 1.82) is 0 Å². The molecule has 1 aromatic rings. The molecule has 5 N–H and O–H groups in total. The van der Waals surface area contributed by atoms with Crippen LogP contribution in [0, 0.1) is 0 Å². The topological polar surface area (TPSA) is 77.0 Å². The largest absolute Gasteiger partial charge is 0.383 e. The summed E-state index contributed by atoms with van der Waals surface area (Å²) < 4.78 is 0. The van der Waals surface area contributed by atoms with Crippen LogP contribution in [0.3, 0.4) is 0 Å². The maximum absolute atomic E-state index is 5.88. The maximum atomic E-state index is 5.88. The molecule has 106 valence electrons. The fraction of sp³-hybridized carbons (Fsp3) is 0.643. The lowest BCUT2D eigenvalue weighted by atomic mass is 10.0. The summed E-state index contributed by atoms with van der Waals surface area (Å²) >= 11 is 2.05. The molecule has 5 heteroatoms. The molecular weight excluding hydrogens is 256 g/mol. The van der Waals surface area contributed by atoms with Crippen molar-refractivity contribution in [2.24, 2.45) is 5.84 Å². The van der Waals surface area contributed by atoms with E-state index in [0.717, 1.165) is 23.0 Å². The number of aromatic nitrogens is 1. The van der Waals surface area contributed by atoms with E-state index in [1.54, 1.807) is 6.20 Å². The van der Waals surface area contributed by atoms with E-state index in [2.05, 4.69) is 22.2 Å². The van der Waals surface area contributed by atoms with E-state index in [1.807, 2.05) is 12.1 Å². The lowest BCUT2D eigenvalue weighted by Gasteiger charge is -2.24. The predicted molar refractivity (Wildman–Crippen MR) is 82.8 cm³/mol. The van der Waals surface area contributed by atoms with Gasteiger partial charge in [0, 0.05) is 23.2 Å². The predicted octanol–water partition coefficient (Wildman–Crippen LogP) is 2.10. The molecule has 0 saturated heterocycles. The van der Waals surface area contributed by atoms with Crippen LogP contribution in [0.5, 0.6) is 0 Å². The van der Waals surface area contributed by atoms with Gasteiger partial charge in [-0.3, -0.25) is 11.3 Å². The van der Waals surface area contributed by atoms with E-state index in [9.17, 15) is 0 Å². The van der Waals surface area contributed by atoms with Gasteiger partial charge in [0.2, 0.25) is 0 Å². The second-order valence-corrected chi connectivity index (χ2v) is 6.54. The van der Waals surface area contributed by atoms with Crippen molar-refractivity contribution in [1.82, 2.24) is 10.4 Å². The van der Waals surface area contributed by atoms with Gasteiger partial charge in [-0.2, -0.15) is 11.8 Å². The average Bonchev–Trinajstić information content (AvgIpc) is 2.46. The maximum Gasteiger partial charge on any atom is 0.126 e. The normalized spacial score (nSPS) is 18.4. The Kier molecular flexibility index (Phi) is 5.94. The molecule has 0 amide bonds. The molecule has 0 aliphatic heterocycles. The summed E-state index contributed by atoms with van der Waals surface area (Å²) in [5, 5.41) is 0.816. The Bertz CT molecular complexity index is 379. The minimum atomic E-state index is 0.262. The Hall–Kier alpha value is -0.780. The van der Waals surface area contributed by atoms with Gasteiger partial charge in [0.1, 0.15) is 5.82 Å². The van der Waals surface area contributed by atoms with E-state index in [0.29, 0.717) is 5.82 Å². The fourth-order valence-corrected chi connectivity index (χ4v) is 3.92. The summed E-state index contributed by atoms with van der Waals surface area (Å²) in [7, 11) is 0. The molecule has 1 unspecified atom stereocenters. The summed E-state index contributed by atoms with van der Waals surface area (Å²) in [6.45, 7) is 0. The SMILES string of the molecule is NNC(CSC1CCCCC1)Cc1cccnc1N. The van der Waals surface area contributed by atoms with E-state index >= 15 is 0 Å². The molecule has 19 heavy (non-hydrogen) atoms. The highest BCUT2D eigenvalue weighted by atomic mass is 32.2. The first-order valence-electron chi connectivity index (χ1n) is 7.06. The summed E-state index contributed by atoms with van der Waals surface area (Å²) in [4.78, 5) is 4.12. The number of rotatable bonds is 6. The van der Waals surface area contributed by atoms with Gasteiger partial charge in [-0.15, -0.1) is 0 Å². The Labute approximate surface area is 119 Å². The summed E-state index contributed by atoms with van der Waals surface area (Å²) in [6.07, 6.45) is 9.45. The van der Waals surface area contributed by atoms with Crippen molar-refractivity contribution >= 4 is 17.6 Å². The molecule has 1 aliphatic carbocycles. The standard InChI is InChI=1S/C14H24N4S/c15-14-11(5-4-8-17-14)9-12(18-16)10-19-13-6-2-1-3-7-13/h4-5,8,12-13,18H,1-3,6-7,9-10,16H2,(H2,15,17). The summed E-state index contributed by atoms with van der Waals surface area (Å²) in [5.41, 5.74) is 9.87. The second kappa shape index (κ2) is 7.72. The molecular formula is C14H24N4S. The fourth-order valence-electron chi connectivity index (χ4n) is 2.54. The van der Waals surface area contributed by atoms with Gasteiger partial charge in [-0.1, -0.05) is 25.3 Å². The minimum Gasteiger partial charge on any atom is -0.383 e. The zero-order valence-electron chi connectivity index (χ0n) is 11.3. The molecule has 0 bridgehead atoms. The summed E-state index contributed by atoms with van der Waals surface area (Å²) in [5.74, 6) is 7.32. The number of nitrogen functional groups attached to an aromatic ring is 1. The van der Waals surface area contributed by atoms with E-state index < -0.39 is 0 Å². The molecule has 4 nitrogen and oxygen atoms in total. The first-order valence-corrected chi connectivity index (χ1v) is 8.11. The number of nitrogens with zero attached hydrogens (tertiary/aromatic N) is 1. The van der Waals surface area contributed by atoms with Gasteiger partial charge in [0.15, 0.2) is 0 Å². The number of hydrogen-bond acceptors (Lipinski definition) is 5. The van der Waals surface area contributed by atoms with Crippen molar-refractivity contribution in [3.05, 3.63) is 23.9 Å². The van der Waals surface area contributed by atoms with Crippen molar-refractivity contribution < 1.29 is 0 Å². The number of hydrogen-bond donors (Lipinski definition) is 3. The number of nitrogens with two attached hydrogens (primary N) is 2. The van der Waals surface area contributed by atoms with Crippen molar-refractivity contribution in [3.63, 3.8) is 0 Å². The highest BCUT2D eigenvalue weighted by Gasteiger charge is 2.17. The minimum absolute atomic E-state index is 0.262. The molecule has 0 spiro atoms. The molecule has 1 saturated carbocycles. The molecule has 1 aromatic heterocycles. The number of pyridine rings is 1. The van der Waals surface area contributed by atoms with Gasteiger partial charge in [0.05, 0.1) is 0 Å². The van der Waals surface area contributed by atoms with Crippen LogP contribution >= 0.6 is 11.8 Å². The molecule has 0 radical (unpaired) electrons. The Balaban J connectivity index is 1.81. The molecule has 0 aromatic carbocycles. The van der Waals surface area contributed by atoms with Crippen LogP contribution in [0.4, 0.5) is 5.82 Å². The average molecular weight is 280 g/mol. The van der Waals surface area contributed by atoms with Crippen LogP contribution in [0.15, 0.2) is 18.3 Å². The van der Waals surface area contributed by atoms with E-state index in [-0.39, 0.29) is 6.04 Å². The molecule has 1 heterocycles. The highest BCUT2D eigenvalue weighted by molar-refractivity contribution is 7.99. The first kappa shape index (κ1) is 14.6. The number of hydrazine groups is 1. The second-order valence-electron chi connectivity index (χ2n) is 5.21. The van der Waals surface area contributed by atoms with Crippen molar-refractivity contribution in [2.45, 2.75) is 49.8 Å². The van der Waals surface area contributed by atoms with E-state index in [4.69, 9.17) is 11.6 Å². The zero-order chi connectivity index (χ0) is 13.5. The third kappa shape index (κ3) is 4.67. The molecule has 1 aliphatic rings. The number of thioether (sulfide) groups is 1. The van der Waals surface area contributed by atoms with Crippen LogP contribution in [-0.4, -0.2) is 22.0 Å². The Morgan fingerprint density at radius 2 is 2.16 bits per heavy atom. The third-order valence-electron chi connectivity index (χ3n) is 3.71. The summed E-state index contributed by atoms with van der Waals surface area (Å²) in [6, 6.07) is 4.21. The lowest BCUT2D eigenvalue weighted by Crippen LogP contribution is -2.39. The number of anilines is 1.